The van der Waals surface area contributed by atoms with Gasteiger partial charge in [0, 0.05) is 18.0 Å². The van der Waals surface area contributed by atoms with Crippen LogP contribution in [0, 0.1) is 11.8 Å². The fourth-order valence-corrected chi connectivity index (χ4v) is 2.82. The molecule has 5 nitrogen and oxygen atoms in total. The zero-order valence-electron chi connectivity index (χ0n) is 15.3. The molecule has 3 N–H and O–H groups in total. The van der Waals surface area contributed by atoms with Gasteiger partial charge in [0.25, 0.3) is 0 Å². The maximum atomic E-state index is 9.90. The number of benzene rings is 2. The summed E-state index contributed by atoms with van der Waals surface area (Å²) in [4.78, 5) is 4.15. The van der Waals surface area contributed by atoms with E-state index in [1.807, 2.05) is 36.4 Å². The fraction of sp³-hybridized carbons (Fsp3) is 0.227. The van der Waals surface area contributed by atoms with Crippen molar-refractivity contribution in [1.29, 1.82) is 0 Å². The summed E-state index contributed by atoms with van der Waals surface area (Å²) < 4.78 is 1.70. The summed E-state index contributed by atoms with van der Waals surface area (Å²) in [6.45, 7) is 3.23. The first-order valence-electron chi connectivity index (χ1n) is 8.68. The second kappa shape index (κ2) is 7.67. The van der Waals surface area contributed by atoms with Crippen molar-refractivity contribution < 1.29 is 15.3 Å². The van der Waals surface area contributed by atoms with Crippen LogP contribution in [0.5, 0.6) is 5.75 Å². The van der Waals surface area contributed by atoms with Crippen LogP contribution in [0.15, 0.2) is 60.9 Å². The Bertz CT molecular complexity index is 963. The second-order valence-electron chi connectivity index (χ2n) is 6.64. The van der Waals surface area contributed by atoms with Crippen molar-refractivity contribution in [3.8, 4) is 28.7 Å². The number of aliphatic hydroxyl groups excluding tert-OH is 2. The van der Waals surface area contributed by atoms with E-state index < -0.39 is 11.6 Å². The second-order valence-corrected chi connectivity index (χ2v) is 6.64. The summed E-state index contributed by atoms with van der Waals surface area (Å²) in [7, 11) is 0. The van der Waals surface area contributed by atoms with Gasteiger partial charge in [0.2, 0.25) is 0 Å². The van der Waals surface area contributed by atoms with Gasteiger partial charge >= 0.3 is 0 Å². The van der Waals surface area contributed by atoms with Crippen LogP contribution >= 0.6 is 0 Å². The molecule has 27 heavy (non-hydrogen) atoms. The van der Waals surface area contributed by atoms with Gasteiger partial charge in [0.05, 0.1) is 6.61 Å². The molecule has 0 amide bonds. The van der Waals surface area contributed by atoms with Crippen molar-refractivity contribution in [3.63, 3.8) is 0 Å². The molecule has 1 aromatic heterocycles. The van der Waals surface area contributed by atoms with Gasteiger partial charge < -0.3 is 19.9 Å². The van der Waals surface area contributed by atoms with Gasteiger partial charge in [-0.25, -0.2) is 4.98 Å². The predicted molar refractivity (Wildman–Crippen MR) is 104 cm³/mol. The molecule has 5 heteroatoms. The molecular weight excluding hydrogens is 340 g/mol. The van der Waals surface area contributed by atoms with Crippen molar-refractivity contribution in [2.24, 2.45) is 0 Å². The molecule has 2 atom stereocenters. The van der Waals surface area contributed by atoms with E-state index in [0.717, 1.165) is 16.7 Å². The number of phenols is 1. The van der Waals surface area contributed by atoms with Gasteiger partial charge in [0.15, 0.2) is 0 Å². The molecule has 2 aromatic carbocycles. The smallest absolute Gasteiger partial charge is 0.138 e. The average Bonchev–Trinajstić information content (AvgIpc) is 3.18. The number of phenolic OH excluding ortho intramolecular Hbond substituents is 1. The summed E-state index contributed by atoms with van der Waals surface area (Å²) in [5.41, 5.74) is 1.96. The maximum absolute atomic E-state index is 9.90. The summed E-state index contributed by atoms with van der Waals surface area (Å²) in [5, 5.41) is 29.2. The normalized spacial score (nSPS) is 14.1. The van der Waals surface area contributed by atoms with Crippen molar-refractivity contribution in [3.05, 3.63) is 72.3 Å². The average molecular weight is 362 g/mol. The molecule has 0 radical (unpaired) electrons. The lowest BCUT2D eigenvalue weighted by Crippen LogP contribution is -2.34. The molecule has 0 spiro atoms. The van der Waals surface area contributed by atoms with Gasteiger partial charge in [-0.15, -0.1) is 0 Å². The van der Waals surface area contributed by atoms with E-state index in [1.54, 1.807) is 42.9 Å². The molecule has 0 fully saturated rings. The van der Waals surface area contributed by atoms with E-state index >= 15 is 0 Å². The minimum absolute atomic E-state index is 0.207. The quantitative estimate of drug-likeness (QED) is 0.623. The Balaban J connectivity index is 1.87. The molecule has 0 saturated heterocycles. The zero-order valence-corrected chi connectivity index (χ0v) is 15.3. The summed E-state index contributed by atoms with van der Waals surface area (Å²) in [6.07, 6.45) is 2.54. The number of aromatic hydroxyl groups is 1. The largest absolute Gasteiger partial charge is 0.508 e. The highest BCUT2D eigenvalue weighted by Gasteiger charge is 2.26. The molecule has 0 aliphatic heterocycles. The molecule has 1 heterocycles. The molecule has 138 valence electrons. The number of imidazole rings is 1. The van der Waals surface area contributed by atoms with E-state index in [0.29, 0.717) is 5.82 Å². The van der Waals surface area contributed by atoms with E-state index in [9.17, 15) is 15.3 Å². The highest BCUT2D eigenvalue weighted by molar-refractivity contribution is 5.65. The first-order chi connectivity index (χ1) is 12.9. The number of aliphatic hydroxyl groups is 2. The van der Waals surface area contributed by atoms with Crippen LogP contribution in [0.1, 0.15) is 31.3 Å². The third-order valence-electron chi connectivity index (χ3n) is 4.44. The number of aromatic nitrogens is 2. The van der Waals surface area contributed by atoms with Gasteiger partial charge in [-0.1, -0.05) is 36.1 Å². The van der Waals surface area contributed by atoms with Gasteiger partial charge in [-0.05, 0) is 49.2 Å². The molecule has 0 aliphatic rings. The van der Waals surface area contributed by atoms with Crippen molar-refractivity contribution in [2.75, 3.05) is 6.61 Å². The fourth-order valence-electron chi connectivity index (χ4n) is 2.82. The molecule has 3 aromatic rings. The third-order valence-corrected chi connectivity index (χ3v) is 4.44. The van der Waals surface area contributed by atoms with Crippen LogP contribution < -0.4 is 0 Å². The zero-order chi connectivity index (χ0) is 19.4. The Morgan fingerprint density at radius 3 is 2.22 bits per heavy atom. The minimum Gasteiger partial charge on any atom is -0.508 e. The van der Waals surface area contributed by atoms with Crippen molar-refractivity contribution >= 4 is 0 Å². The minimum atomic E-state index is -0.890. The topological polar surface area (TPSA) is 78.5 Å². The van der Waals surface area contributed by atoms with Crippen LogP contribution in [0.25, 0.3) is 11.1 Å². The summed E-state index contributed by atoms with van der Waals surface area (Å²) in [5.74, 6) is 6.90. The summed E-state index contributed by atoms with van der Waals surface area (Å²) >= 11 is 0. The van der Waals surface area contributed by atoms with E-state index in [2.05, 4.69) is 16.8 Å². The Morgan fingerprint density at radius 1 is 1.07 bits per heavy atom. The van der Waals surface area contributed by atoms with E-state index in [1.165, 1.54) is 0 Å². The van der Waals surface area contributed by atoms with Gasteiger partial charge in [0.1, 0.15) is 23.2 Å². The lowest BCUT2D eigenvalue weighted by Gasteiger charge is -2.25. The Hall–Kier alpha value is -3.07. The third kappa shape index (κ3) is 4.03. The first kappa shape index (κ1) is 18.7. The van der Waals surface area contributed by atoms with Crippen molar-refractivity contribution in [1.82, 2.24) is 9.55 Å². The van der Waals surface area contributed by atoms with Crippen LogP contribution in [0.2, 0.25) is 0 Å². The molecule has 0 aliphatic carbocycles. The number of hydrogen-bond donors (Lipinski definition) is 3. The lowest BCUT2D eigenvalue weighted by atomic mass is 10.0. The molecule has 0 bridgehead atoms. The Morgan fingerprint density at radius 2 is 1.67 bits per heavy atom. The monoisotopic (exact) mass is 362 g/mol. The Kier molecular flexibility index (Phi) is 5.31. The SMILES string of the molecule is C[C@H](O)c1nccn1[C@](C)(C#Cc1ccc(-c2ccc(O)cc2)cc1)CO. The molecule has 0 saturated carbocycles. The van der Waals surface area contributed by atoms with Gasteiger partial charge in [-0.3, -0.25) is 0 Å². The standard InChI is InChI=1S/C22H22N2O3/c1-16(26)21-23-13-14-24(21)22(2,15-25)12-11-17-3-5-18(6-4-17)19-7-9-20(27)10-8-19/h3-10,13-14,16,25-27H,15H2,1-2H3/t16-,22+/m0/s1. The van der Waals surface area contributed by atoms with Crippen LogP contribution in [0.4, 0.5) is 0 Å². The predicted octanol–water partition coefficient (Wildman–Crippen LogP) is 3.07. The molecule has 3 rings (SSSR count). The highest BCUT2D eigenvalue weighted by atomic mass is 16.3. The lowest BCUT2D eigenvalue weighted by molar-refractivity contribution is 0.154. The van der Waals surface area contributed by atoms with Crippen LogP contribution in [0.3, 0.4) is 0 Å². The Labute approximate surface area is 158 Å². The van der Waals surface area contributed by atoms with Crippen LogP contribution in [-0.4, -0.2) is 31.5 Å². The van der Waals surface area contributed by atoms with Gasteiger partial charge in [-0.2, -0.15) is 0 Å². The number of hydrogen-bond acceptors (Lipinski definition) is 4. The number of rotatable bonds is 4. The molecule has 0 unspecified atom stereocenters. The maximum Gasteiger partial charge on any atom is 0.138 e. The van der Waals surface area contributed by atoms with E-state index in [4.69, 9.17) is 0 Å². The van der Waals surface area contributed by atoms with E-state index in [-0.39, 0.29) is 12.4 Å². The molecular formula is C22H22N2O3. The van der Waals surface area contributed by atoms with Crippen molar-refractivity contribution in [2.45, 2.75) is 25.5 Å². The van der Waals surface area contributed by atoms with Crippen LogP contribution in [-0.2, 0) is 5.54 Å². The number of nitrogens with zero attached hydrogens (tertiary/aromatic N) is 2. The highest BCUT2D eigenvalue weighted by Crippen LogP contribution is 2.23. The summed E-state index contributed by atoms with van der Waals surface area (Å²) in [6, 6.07) is 14.8. The first-order valence-corrected chi connectivity index (χ1v) is 8.68.